The Morgan fingerprint density at radius 2 is 2.14 bits per heavy atom. The first kappa shape index (κ1) is 17.4. The predicted molar refractivity (Wildman–Crippen MR) is 73.9 cm³/mol. The van der Waals surface area contributed by atoms with Crippen LogP contribution in [-0.2, 0) is 4.74 Å². The van der Waals surface area contributed by atoms with E-state index in [1.807, 2.05) is 6.07 Å². The molecule has 0 N–H and O–H groups in total. The molecule has 0 aromatic rings. The lowest BCUT2D eigenvalue weighted by Gasteiger charge is -2.40. The fourth-order valence-electron chi connectivity index (χ4n) is 2.05. The van der Waals surface area contributed by atoms with Crippen molar-refractivity contribution >= 4 is 6.09 Å². The molecule has 0 spiro atoms. The van der Waals surface area contributed by atoms with Crippen molar-refractivity contribution < 1.29 is 18.3 Å². The highest BCUT2D eigenvalue weighted by atomic mass is 19.3. The van der Waals surface area contributed by atoms with E-state index in [2.05, 4.69) is 0 Å². The van der Waals surface area contributed by atoms with Crippen LogP contribution in [0.4, 0.5) is 13.6 Å². The number of alkyl halides is 2. The topological polar surface area (TPSA) is 56.6 Å². The van der Waals surface area contributed by atoms with E-state index in [1.54, 1.807) is 31.7 Å². The average molecular weight is 301 g/mol. The Morgan fingerprint density at radius 1 is 1.48 bits per heavy atom. The van der Waals surface area contributed by atoms with Gasteiger partial charge in [0.1, 0.15) is 5.60 Å². The zero-order valence-electron chi connectivity index (χ0n) is 12.6. The molecular weight excluding hydrogens is 280 g/mol. The number of carbonyl (C=O) groups is 1. The third-order valence-corrected chi connectivity index (χ3v) is 3.01. The number of carbonyl (C=O) groups excluding carboxylic acids is 1. The number of allylic oxidation sites excluding steroid dienone is 1. The normalized spacial score (nSPS) is 20.8. The van der Waals surface area contributed by atoms with Crippen molar-refractivity contribution in [2.75, 3.05) is 26.2 Å². The van der Waals surface area contributed by atoms with Gasteiger partial charge in [0.2, 0.25) is 0 Å². The Labute approximate surface area is 123 Å². The summed E-state index contributed by atoms with van der Waals surface area (Å²) in [6.07, 6.45) is -0.326. The molecule has 0 saturated carbocycles. The van der Waals surface area contributed by atoms with Crippen LogP contribution in [0.3, 0.4) is 0 Å². The molecule has 1 amide bonds. The minimum absolute atomic E-state index is 0.0764. The highest BCUT2D eigenvalue weighted by molar-refractivity contribution is 5.68. The van der Waals surface area contributed by atoms with Gasteiger partial charge in [-0.25, -0.2) is 13.6 Å². The van der Waals surface area contributed by atoms with Gasteiger partial charge < -0.3 is 9.64 Å². The lowest BCUT2D eigenvalue weighted by atomic mass is 10.1. The van der Waals surface area contributed by atoms with Gasteiger partial charge in [0.25, 0.3) is 6.43 Å². The van der Waals surface area contributed by atoms with Crippen LogP contribution in [-0.4, -0.2) is 60.1 Å². The summed E-state index contributed by atoms with van der Waals surface area (Å²) in [4.78, 5) is 14.8. The second-order valence-corrected chi connectivity index (χ2v) is 5.85. The Bertz CT molecular complexity index is 427. The summed E-state index contributed by atoms with van der Waals surface area (Å²) in [5.41, 5.74) is -0.649. The average Bonchev–Trinajstić information content (AvgIpc) is 2.37. The minimum atomic E-state index is -2.56. The van der Waals surface area contributed by atoms with Crippen molar-refractivity contribution in [2.24, 2.45) is 0 Å². The number of rotatable bonds is 3. The maximum Gasteiger partial charge on any atom is 0.410 e. The van der Waals surface area contributed by atoms with E-state index < -0.39 is 24.2 Å². The number of halogens is 2. The Hall–Kier alpha value is -1.68. The summed E-state index contributed by atoms with van der Waals surface area (Å²) < 4.78 is 31.5. The zero-order valence-corrected chi connectivity index (χ0v) is 12.6. The lowest BCUT2D eigenvalue weighted by Crippen LogP contribution is -2.57. The molecule has 1 fully saturated rings. The van der Waals surface area contributed by atoms with Gasteiger partial charge in [-0.2, -0.15) is 5.26 Å². The van der Waals surface area contributed by atoms with Crippen LogP contribution in [0.25, 0.3) is 0 Å². The van der Waals surface area contributed by atoms with Gasteiger partial charge >= 0.3 is 6.09 Å². The first-order valence-corrected chi connectivity index (χ1v) is 6.79. The fraction of sp³-hybridized carbons (Fsp3) is 0.714. The minimum Gasteiger partial charge on any atom is -0.444 e. The van der Waals surface area contributed by atoms with Gasteiger partial charge in [-0.15, -0.1) is 0 Å². The van der Waals surface area contributed by atoms with Crippen LogP contribution < -0.4 is 0 Å². The second kappa shape index (κ2) is 7.36. The molecule has 1 atom stereocenters. The molecule has 1 heterocycles. The van der Waals surface area contributed by atoms with Crippen molar-refractivity contribution in [3.8, 4) is 6.07 Å². The SMILES string of the molecule is CC(C)(C)OC(=O)N1CCN(CC=CC#N)C(C(F)F)C1. The number of piperazine rings is 1. The molecule has 0 bridgehead atoms. The Morgan fingerprint density at radius 3 is 2.67 bits per heavy atom. The van der Waals surface area contributed by atoms with Crippen LogP contribution >= 0.6 is 0 Å². The first-order valence-electron chi connectivity index (χ1n) is 6.79. The number of nitrogens with zero attached hydrogens (tertiary/aromatic N) is 3. The van der Waals surface area contributed by atoms with Crippen molar-refractivity contribution in [3.63, 3.8) is 0 Å². The molecular formula is C14H21F2N3O2. The van der Waals surface area contributed by atoms with Crippen molar-refractivity contribution in [2.45, 2.75) is 38.8 Å². The third-order valence-electron chi connectivity index (χ3n) is 3.01. The summed E-state index contributed by atoms with van der Waals surface area (Å²) in [6.45, 7) is 6.05. The molecule has 0 aromatic carbocycles. The zero-order chi connectivity index (χ0) is 16.0. The van der Waals surface area contributed by atoms with E-state index >= 15 is 0 Å². The van der Waals surface area contributed by atoms with Gasteiger partial charge in [0, 0.05) is 32.3 Å². The summed E-state index contributed by atoms with van der Waals surface area (Å²) in [7, 11) is 0. The number of nitriles is 1. The van der Waals surface area contributed by atoms with Crippen molar-refractivity contribution in [1.29, 1.82) is 5.26 Å². The lowest BCUT2D eigenvalue weighted by molar-refractivity contribution is -0.0315. The molecule has 1 saturated heterocycles. The smallest absolute Gasteiger partial charge is 0.410 e. The number of ether oxygens (including phenoxy) is 1. The second-order valence-electron chi connectivity index (χ2n) is 5.85. The summed E-state index contributed by atoms with van der Waals surface area (Å²) >= 11 is 0. The molecule has 5 nitrogen and oxygen atoms in total. The Kier molecular flexibility index (Phi) is 6.09. The monoisotopic (exact) mass is 301 g/mol. The molecule has 1 unspecified atom stereocenters. The van der Waals surface area contributed by atoms with Gasteiger partial charge in [0.05, 0.1) is 12.1 Å². The van der Waals surface area contributed by atoms with Crippen molar-refractivity contribution in [3.05, 3.63) is 12.2 Å². The van der Waals surface area contributed by atoms with E-state index in [4.69, 9.17) is 10.00 Å². The number of hydrogen-bond acceptors (Lipinski definition) is 4. The molecule has 21 heavy (non-hydrogen) atoms. The van der Waals surface area contributed by atoms with Crippen LogP contribution in [0.1, 0.15) is 20.8 Å². The van der Waals surface area contributed by atoms with E-state index in [1.165, 1.54) is 11.0 Å². The summed E-state index contributed by atoms with van der Waals surface area (Å²) in [5.74, 6) is 0. The molecule has 0 aliphatic carbocycles. The fourth-order valence-corrected chi connectivity index (χ4v) is 2.05. The number of hydrogen-bond donors (Lipinski definition) is 0. The molecule has 0 radical (unpaired) electrons. The molecule has 7 heteroatoms. The van der Waals surface area contributed by atoms with E-state index in [9.17, 15) is 13.6 Å². The van der Waals surface area contributed by atoms with Gasteiger partial charge in [-0.1, -0.05) is 6.08 Å². The van der Waals surface area contributed by atoms with Gasteiger partial charge in [0.15, 0.2) is 0 Å². The maximum absolute atomic E-state index is 13.1. The number of amides is 1. The van der Waals surface area contributed by atoms with Gasteiger partial charge in [-0.3, -0.25) is 4.90 Å². The first-order chi connectivity index (χ1) is 9.74. The van der Waals surface area contributed by atoms with Crippen LogP contribution in [0, 0.1) is 11.3 Å². The van der Waals surface area contributed by atoms with E-state index in [0.29, 0.717) is 13.1 Å². The molecule has 118 valence electrons. The molecule has 0 aromatic heterocycles. The standard InChI is InChI=1S/C14H21F2N3O2/c1-14(2,3)21-13(20)19-9-8-18(7-5-4-6-17)11(10-19)12(15)16/h4-5,11-12H,7-10H2,1-3H3. The maximum atomic E-state index is 13.1. The Balaban J connectivity index is 2.66. The predicted octanol–water partition coefficient (Wildman–Crippen LogP) is 2.25. The van der Waals surface area contributed by atoms with E-state index in [0.717, 1.165) is 0 Å². The quantitative estimate of drug-likeness (QED) is 0.750. The highest BCUT2D eigenvalue weighted by Gasteiger charge is 2.36. The third kappa shape index (κ3) is 5.68. The highest BCUT2D eigenvalue weighted by Crippen LogP contribution is 2.19. The van der Waals surface area contributed by atoms with E-state index in [-0.39, 0.29) is 13.1 Å². The largest absolute Gasteiger partial charge is 0.444 e. The molecule has 1 aliphatic rings. The summed E-state index contributed by atoms with van der Waals surface area (Å²) in [6, 6.07) is 0.778. The summed E-state index contributed by atoms with van der Waals surface area (Å²) in [5, 5.41) is 8.42. The molecule has 1 rings (SSSR count). The van der Waals surface area contributed by atoms with Crippen LogP contribution in [0.2, 0.25) is 0 Å². The molecule has 1 aliphatic heterocycles. The van der Waals surface area contributed by atoms with Crippen LogP contribution in [0.15, 0.2) is 12.2 Å². The van der Waals surface area contributed by atoms with Crippen molar-refractivity contribution in [1.82, 2.24) is 9.80 Å². The van der Waals surface area contributed by atoms with Gasteiger partial charge in [-0.05, 0) is 20.8 Å². The van der Waals surface area contributed by atoms with Crippen LogP contribution in [0.5, 0.6) is 0 Å².